The predicted octanol–water partition coefficient (Wildman–Crippen LogP) is 5.04. The summed E-state index contributed by atoms with van der Waals surface area (Å²) in [5.74, 6) is -1.68. The van der Waals surface area contributed by atoms with Gasteiger partial charge >= 0.3 is 4.87 Å². The molecular formula is C33H26N4O7S2. The molecule has 3 heterocycles. The summed E-state index contributed by atoms with van der Waals surface area (Å²) in [5, 5.41) is 14.8. The van der Waals surface area contributed by atoms with Gasteiger partial charge in [-0.2, -0.15) is 0 Å². The molecule has 2 N–H and O–H groups in total. The first kappa shape index (κ1) is 28.7. The third-order valence-corrected chi connectivity index (χ3v) is 12.3. The summed E-state index contributed by atoms with van der Waals surface area (Å²) >= 11 is 2.77. The van der Waals surface area contributed by atoms with E-state index in [9.17, 15) is 29.3 Å². The Balaban J connectivity index is 1.09. The van der Waals surface area contributed by atoms with Crippen molar-refractivity contribution in [3.05, 3.63) is 109 Å². The molecule has 4 aromatic rings. The highest BCUT2D eigenvalue weighted by Gasteiger charge is 2.69. The maximum absolute atomic E-state index is 14.0. The highest BCUT2D eigenvalue weighted by atomic mass is 32.2. The van der Waals surface area contributed by atoms with Crippen molar-refractivity contribution in [1.82, 2.24) is 4.98 Å². The van der Waals surface area contributed by atoms with Gasteiger partial charge < -0.3 is 15.0 Å². The lowest BCUT2D eigenvalue weighted by atomic mass is 9.68. The zero-order chi connectivity index (χ0) is 31.7. The molecule has 3 fully saturated rings. The molecule has 3 amide bonds. The minimum atomic E-state index is -0.517. The number of ether oxygens (including phenoxy) is 1. The van der Waals surface area contributed by atoms with Crippen molar-refractivity contribution in [1.29, 1.82) is 0 Å². The number of nitrogens with one attached hydrogen (secondary N) is 2. The largest absolute Gasteiger partial charge is 0.484 e. The van der Waals surface area contributed by atoms with Crippen molar-refractivity contribution in [2.45, 2.75) is 22.6 Å². The van der Waals surface area contributed by atoms with E-state index in [1.54, 1.807) is 30.0 Å². The molecule has 1 aromatic heterocycles. The summed E-state index contributed by atoms with van der Waals surface area (Å²) in [6.45, 7) is -0.183. The van der Waals surface area contributed by atoms with Gasteiger partial charge in [0.2, 0.25) is 11.8 Å². The number of hydrogen-bond donors (Lipinski definition) is 2. The first-order valence-electron chi connectivity index (χ1n) is 14.9. The molecule has 2 aliphatic heterocycles. The second-order valence-corrected chi connectivity index (χ2v) is 14.2. The fourth-order valence-electron chi connectivity index (χ4n) is 8.03. The second kappa shape index (κ2) is 11.0. The molecule has 0 spiro atoms. The van der Waals surface area contributed by atoms with E-state index in [0.29, 0.717) is 17.1 Å². The first-order chi connectivity index (χ1) is 22.3. The van der Waals surface area contributed by atoms with Gasteiger partial charge in [0.05, 0.1) is 27.5 Å². The third-order valence-electron chi connectivity index (χ3n) is 9.69. The molecule has 2 bridgehead atoms. The van der Waals surface area contributed by atoms with Gasteiger partial charge in [0.25, 0.3) is 11.6 Å². The SMILES string of the molecule is O=C(COc1cccc([C@H]2c3sc(=O)[nH]c3SC3C4CC(C5C(=O)N(c6ccc([N+](=O)[O-])cc6)C(=O)C45)C32)c1)Nc1ccccc1. The maximum Gasteiger partial charge on any atom is 0.305 e. The molecule has 3 aromatic carbocycles. The van der Waals surface area contributed by atoms with Crippen LogP contribution < -0.4 is 19.8 Å². The minimum Gasteiger partial charge on any atom is -0.484 e. The van der Waals surface area contributed by atoms with Crippen LogP contribution in [0.15, 0.2) is 88.7 Å². The molecular weight excluding hydrogens is 629 g/mol. The van der Waals surface area contributed by atoms with Gasteiger partial charge in [-0.15, -0.1) is 11.8 Å². The number of anilines is 2. The number of fused-ring (bicyclic) bond motifs is 9. The number of thiazole rings is 1. The van der Waals surface area contributed by atoms with Crippen LogP contribution in [0, 0.1) is 39.7 Å². The highest BCUT2D eigenvalue weighted by Crippen LogP contribution is 2.68. The summed E-state index contributed by atoms with van der Waals surface area (Å²) in [5.41, 5.74) is 1.82. The summed E-state index contributed by atoms with van der Waals surface area (Å²) < 4.78 is 5.89. The quantitative estimate of drug-likeness (QED) is 0.160. The molecule has 4 aliphatic rings. The second-order valence-electron chi connectivity index (χ2n) is 12.0. The van der Waals surface area contributed by atoms with Gasteiger partial charge in [-0.1, -0.05) is 41.7 Å². The van der Waals surface area contributed by atoms with Crippen LogP contribution in [0.4, 0.5) is 17.1 Å². The minimum absolute atomic E-state index is 0.00351. The van der Waals surface area contributed by atoms with Crippen LogP contribution in [0.3, 0.4) is 0 Å². The Bertz CT molecular complexity index is 1960. The third kappa shape index (κ3) is 4.56. The van der Waals surface area contributed by atoms with E-state index in [1.807, 2.05) is 36.4 Å². The number of nitro groups is 1. The van der Waals surface area contributed by atoms with Crippen LogP contribution in [0.5, 0.6) is 5.75 Å². The zero-order valence-electron chi connectivity index (χ0n) is 24.0. The molecule has 232 valence electrons. The molecule has 2 aliphatic carbocycles. The van der Waals surface area contributed by atoms with Gasteiger partial charge in [0, 0.05) is 33.9 Å². The Kier molecular flexibility index (Phi) is 6.83. The van der Waals surface area contributed by atoms with E-state index in [0.717, 1.165) is 21.9 Å². The van der Waals surface area contributed by atoms with Crippen LogP contribution in [0.1, 0.15) is 22.8 Å². The molecule has 0 radical (unpaired) electrons. The smallest absolute Gasteiger partial charge is 0.305 e. The van der Waals surface area contributed by atoms with Crippen LogP contribution in [0.2, 0.25) is 0 Å². The number of para-hydroxylation sites is 1. The molecule has 6 unspecified atom stereocenters. The Morgan fingerprint density at radius 2 is 1.72 bits per heavy atom. The van der Waals surface area contributed by atoms with Crippen LogP contribution >= 0.6 is 23.1 Å². The average molecular weight is 655 g/mol. The topological polar surface area (TPSA) is 152 Å². The number of non-ortho nitro benzene ring substituents is 1. The molecule has 7 atom stereocenters. The van der Waals surface area contributed by atoms with Crippen molar-refractivity contribution < 1.29 is 24.0 Å². The molecule has 13 heteroatoms. The van der Waals surface area contributed by atoms with Gasteiger partial charge in [-0.25, -0.2) is 0 Å². The highest BCUT2D eigenvalue weighted by molar-refractivity contribution is 8.00. The molecule has 2 saturated carbocycles. The van der Waals surface area contributed by atoms with Crippen LogP contribution in [-0.4, -0.2) is 39.5 Å². The van der Waals surface area contributed by atoms with E-state index in [-0.39, 0.29) is 63.8 Å². The lowest BCUT2D eigenvalue weighted by molar-refractivity contribution is -0.384. The average Bonchev–Trinajstić information content (AvgIpc) is 3.79. The fraction of sp³-hybridized carbons (Fsp3) is 0.273. The van der Waals surface area contributed by atoms with Gasteiger partial charge in [0.1, 0.15) is 5.75 Å². The van der Waals surface area contributed by atoms with Crippen molar-refractivity contribution in [3.63, 3.8) is 0 Å². The van der Waals surface area contributed by atoms with Crippen molar-refractivity contribution >= 4 is 57.9 Å². The lowest BCUT2D eigenvalue weighted by Crippen LogP contribution is -2.42. The number of nitro benzene ring substituents is 1. The van der Waals surface area contributed by atoms with Crippen molar-refractivity contribution in [2.75, 3.05) is 16.8 Å². The normalized spacial score (nSPS) is 27.2. The number of nitrogens with zero attached hydrogens (tertiary/aromatic N) is 2. The number of hydrogen-bond acceptors (Lipinski definition) is 9. The first-order valence-corrected chi connectivity index (χ1v) is 16.6. The van der Waals surface area contributed by atoms with E-state index in [2.05, 4.69) is 10.3 Å². The number of benzene rings is 3. The van der Waals surface area contributed by atoms with Gasteiger partial charge in [-0.05, 0) is 66.1 Å². The number of aromatic amines is 1. The summed E-state index contributed by atoms with van der Waals surface area (Å²) in [4.78, 5) is 68.6. The maximum atomic E-state index is 14.0. The number of imide groups is 1. The number of H-pyrrole nitrogens is 1. The van der Waals surface area contributed by atoms with Gasteiger partial charge in [0.15, 0.2) is 6.61 Å². The molecule has 46 heavy (non-hydrogen) atoms. The molecule has 1 saturated heterocycles. The molecule has 8 rings (SSSR count). The van der Waals surface area contributed by atoms with Crippen molar-refractivity contribution in [3.8, 4) is 5.75 Å². The monoisotopic (exact) mass is 654 g/mol. The van der Waals surface area contributed by atoms with Crippen molar-refractivity contribution in [2.24, 2.45) is 29.6 Å². The number of carbonyl (C=O) groups is 3. The Morgan fingerprint density at radius 3 is 2.46 bits per heavy atom. The summed E-state index contributed by atoms with van der Waals surface area (Å²) in [6, 6.07) is 22.2. The number of rotatable bonds is 7. The summed E-state index contributed by atoms with van der Waals surface area (Å²) in [6.07, 6.45) is 0.731. The number of carbonyl (C=O) groups excluding carboxylic acids is 3. The number of thioether (sulfide) groups is 1. The van der Waals surface area contributed by atoms with Gasteiger partial charge in [-0.3, -0.25) is 34.2 Å². The van der Waals surface area contributed by atoms with E-state index in [4.69, 9.17) is 4.74 Å². The van der Waals surface area contributed by atoms with E-state index in [1.165, 1.54) is 40.5 Å². The summed E-state index contributed by atoms with van der Waals surface area (Å²) in [7, 11) is 0. The molecule has 11 nitrogen and oxygen atoms in total. The lowest BCUT2D eigenvalue weighted by Gasteiger charge is -2.43. The van der Waals surface area contributed by atoms with Crippen LogP contribution in [-0.2, 0) is 14.4 Å². The zero-order valence-corrected chi connectivity index (χ0v) is 25.7. The number of amides is 3. The standard InChI is InChI=1S/C33H26N4O7S2/c38-23(34-17-6-2-1-3-7-17)15-44-20-8-4-5-16(13-20)24-25-21-14-22(28(25)45-30-29(24)46-33(41)35-30)27-26(21)31(39)36(32(27)40)18-9-11-19(12-10-18)37(42)43/h1-13,21-22,24-28H,14-15H2,(H,34,38)(H,35,41)/t21?,22?,24-,25?,26?,27?,28?/m1/s1. The predicted molar refractivity (Wildman–Crippen MR) is 171 cm³/mol. The Hall–Kier alpha value is -4.75. The van der Waals surface area contributed by atoms with Crippen LogP contribution in [0.25, 0.3) is 0 Å². The van der Waals surface area contributed by atoms with E-state index >= 15 is 0 Å². The number of aromatic nitrogens is 1. The van der Waals surface area contributed by atoms with E-state index < -0.39 is 16.8 Å². The Labute approximate surface area is 270 Å². The Morgan fingerprint density at radius 1 is 0.978 bits per heavy atom. The fourth-order valence-corrected chi connectivity index (χ4v) is 10.9.